The summed E-state index contributed by atoms with van der Waals surface area (Å²) in [5.74, 6) is 0.0529. The lowest BCUT2D eigenvalue weighted by molar-refractivity contribution is -0.129. The van der Waals surface area contributed by atoms with Crippen LogP contribution in [0.5, 0.6) is 0 Å². The van der Waals surface area contributed by atoms with Gasteiger partial charge in [0, 0.05) is 49.9 Å². The minimum atomic E-state index is -0.595. The van der Waals surface area contributed by atoms with Crippen LogP contribution in [0, 0.1) is 6.92 Å². The Morgan fingerprint density at radius 3 is 2.72 bits per heavy atom. The van der Waals surface area contributed by atoms with E-state index < -0.39 is 5.60 Å². The number of ether oxygens (including phenoxy) is 2. The lowest BCUT2D eigenvalue weighted by Gasteiger charge is -2.39. The summed E-state index contributed by atoms with van der Waals surface area (Å²) in [4.78, 5) is 37.0. The molecule has 1 saturated heterocycles. The summed E-state index contributed by atoms with van der Waals surface area (Å²) in [6.07, 6.45) is 4.26. The lowest BCUT2D eigenvalue weighted by Crippen LogP contribution is -2.46. The Balaban J connectivity index is 1.62. The SMILES string of the molecule is CC(=O)N1CCc2cc(-c3cnc4[nH]cc(C)c4c3)cc([C@@H]3COCCN3C(=O)OC(C)(C)C)c2C1. The largest absolute Gasteiger partial charge is 0.444 e. The lowest BCUT2D eigenvalue weighted by atomic mass is 9.87. The number of amides is 2. The molecule has 1 aromatic carbocycles. The van der Waals surface area contributed by atoms with Gasteiger partial charge in [0.2, 0.25) is 5.91 Å². The molecule has 1 atom stereocenters. The summed E-state index contributed by atoms with van der Waals surface area (Å²) in [5.41, 5.74) is 6.77. The number of aromatic nitrogens is 2. The molecule has 0 spiro atoms. The fraction of sp³-hybridized carbons (Fsp3) is 0.464. The van der Waals surface area contributed by atoms with Crippen molar-refractivity contribution >= 4 is 23.0 Å². The van der Waals surface area contributed by atoms with Gasteiger partial charge in [-0.2, -0.15) is 0 Å². The molecule has 0 saturated carbocycles. The van der Waals surface area contributed by atoms with E-state index in [2.05, 4.69) is 35.1 Å². The zero-order chi connectivity index (χ0) is 25.6. The summed E-state index contributed by atoms with van der Waals surface area (Å²) < 4.78 is 11.6. The summed E-state index contributed by atoms with van der Waals surface area (Å²) in [6.45, 7) is 11.8. The highest BCUT2D eigenvalue weighted by Gasteiger charge is 2.35. The molecule has 4 heterocycles. The standard InChI is InChI=1S/C28H34N4O4/c1-17-13-29-26-22(17)12-21(14-30-26)20-10-19-6-7-31(18(2)33)15-24(19)23(11-20)25-16-35-9-8-32(25)27(34)36-28(3,4)5/h10-14,25H,6-9,15-16H2,1-5H3,(H,29,30)/t25-/m0/s1. The zero-order valence-electron chi connectivity index (χ0n) is 21.7. The number of nitrogens with zero attached hydrogens (tertiary/aromatic N) is 3. The average molecular weight is 491 g/mol. The van der Waals surface area contributed by atoms with Crippen LogP contribution in [-0.4, -0.2) is 63.7 Å². The molecule has 3 aromatic rings. The number of carbonyl (C=O) groups is 2. The number of nitrogens with one attached hydrogen (secondary N) is 1. The van der Waals surface area contributed by atoms with Crippen LogP contribution in [0.1, 0.15) is 56.0 Å². The van der Waals surface area contributed by atoms with Gasteiger partial charge in [0.15, 0.2) is 0 Å². The number of benzene rings is 1. The van der Waals surface area contributed by atoms with Crippen molar-refractivity contribution in [3.63, 3.8) is 0 Å². The maximum absolute atomic E-state index is 13.2. The van der Waals surface area contributed by atoms with Gasteiger partial charge in [-0.15, -0.1) is 0 Å². The number of hydrogen-bond acceptors (Lipinski definition) is 5. The van der Waals surface area contributed by atoms with Crippen molar-refractivity contribution in [3.05, 3.63) is 52.8 Å². The molecule has 8 nitrogen and oxygen atoms in total. The molecule has 1 fully saturated rings. The van der Waals surface area contributed by atoms with Gasteiger partial charge in [-0.05, 0) is 74.1 Å². The third-order valence-electron chi connectivity index (χ3n) is 7.01. The predicted octanol–water partition coefficient (Wildman–Crippen LogP) is 4.75. The summed E-state index contributed by atoms with van der Waals surface area (Å²) in [7, 11) is 0. The van der Waals surface area contributed by atoms with E-state index in [1.165, 1.54) is 5.56 Å². The van der Waals surface area contributed by atoms with Crippen LogP contribution in [0.3, 0.4) is 0 Å². The Bertz CT molecular complexity index is 1320. The molecule has 0 radical (unpaired) electrons. The Labute approximate surface area is 211 Å². The van der Waals surface area contributed by atoms with Gasteiger partial charge in [0.05, 0.1) is 19.3 Å². The molecule has 0 unspecified atom stereocenters. The monoisotopic (exact) mass is 490 g/mol. The number of rotatable bonds is 2. The van der Waals surface area contributed by atoms with Crippen molar-refractivity contribution in [2.45, 2.75) is 59.2 Å². The molecule has 2 amide bonds. The van der Waals surface area contributed by atoms with E-state index in [1.807, 2.05) is 38.1 Å². The molecule has 8 heteroatoms. The predicted molar refractivity (Wildman–Crippen MR) is 138 cm³/mol. The van der Waals surface area contributed by atoms with Crippen molar-refractivity contribution < 1.29 is 19.1 Å². The van der Waals surface area contributed by atoms with Crippen molar-refractivity contribution in [1.82, 2.24) is 19.8 Å². The fourth-order valence-electron chi connectivity index (χ4n) is 5.12. The molecule has 1 N–H and O–H groups in total. The van der Waals surface area contributed by atoms with Crippen LogP contribution in [-0.2, 0) is 27.2 Å². The second-order valence-electron chi connectivity index (χ2n) is 10.8. The van der Waals surface area contributed by atoms with Gasteiger partial charge < -0.3 is 19.4 Å². The maximum atomic E-state index is 13.2. The molecule has 0 aliphatic carbocycles. The van der Waals surface area contributed by atoms with Gasteiger partial charge in [0.1, 0.15) is 11.2 Å². The van der Waals surface area contributed by atoms with Crippen LogP contribution < -0.4 is 0 Å². The van der Waals surface area contributed by atoms with E-state index in [1.54, 1.807) is 11.8 Å². The number of hydrogen-bond donors (Lipinski definition) is 1. The van der Waals surface area contributed by atoms with E-state index in [0.717, 1.165) is 45.3 Å². The Morgan fingerprint density at radius 2 is 1.97 bits per heavy atom. The first-order chi connectivity index (χ1) is 17.1. The molecule has 5 rings (SSSR count). The van der Waals surface area contributed by atoms with Gasteiger partial charge >= 0.3 is 6.09 Å². The van der Waals surface area contributed by atoms with Crippen LogP contribution in [0.15, 0.2) is 30.6 Å². The number of aromatic amines is 1. The average Bonchev–Trinajstić information content (AvgIpc) is 3.22. The molecular formula is C28H34N4O4. The van der Waals surface area contributed by atoms with Crippen LogP contribution >= 0.6 is 0 Å². The summed E-state index contributed by atoms with van der Waals surface area (Å²) in [6, 6.07) is 6.21. The van der Waals surface area contributed by atoms with Gasteiger partial charge in [0.25, 0.3) is 0 Å². The van der Waals surface area contributed by atoms with E-state index in [4.69, 9.17) is 9.47 Å². The van der Waals surface area contributed by atoms with E-state index in [-0.39, 0.29) is 18.0 Å². The number of pyridine rings is 1. The summed E-state index contributed by atoms with van der Waals surface area (Å²) in [5, 5.41) is 1.09. The smallest absolute Gasteiger partial charge is 0.410 e. The van der Waals surface area contributed by atoms with Crippen molar-refractivity contribution in [3.8, 4) is 11.1 Å². The number of H-pyrrole nitrogens is 1. The third-order valence-corrected chi connectivity index (χ3v) is 7.01. The van der Waals surface area contributed by atoms with Crippen LogP contribution in [0.4, 0.5) is 4.79 Å². The number of aryl methyl sites for hydroxylation is 1. The van der Waals surface area contributed by atoms with Crippen molar-refractivity contribution in [2.75, 3.05) is 26.3 Å². The Morgan fingerprint density at radius 1 is 1.17 bits per heavy atom. The number of morpholine rings is 1. The quantitative estimate of drug-likeness (QED) is 0.560. The first kappa shape index (κ1) is 24.3. The molecule has 2 aliphatic rings. The minimum absolute atomic E-state index is 0.0529. The Kier molecular flexibility index (Phi) is 6.24. The third kappa shape index (κ3) is 4.69. The fourth-order valence-corrected chi connectivity index (χ4v) is 5.12. The number of fused-ring (bicyclic) bond motifs is 2. The first-order valence-electron chi connectivity index (χ1n) is 12.5. The highest BCUT2D eigenvalue weighted by Crippen LogP contribution is 2.37. The van der Waals surface area contributed by atoms with E-state index in [9.17, 15) is 9.59 Å². The Hall–Kier alpha value is -3.39. The molecule has 2 aromatic heterocycles. The van der Waals surface area contributed by atoms with Gasteiger partial charge in [-0.1, -0.05) is 6.07 Å². The maximum Gasteiger partial charge on any atom is 0.410 e. The minimum Gasteiger partial charge on any atom is -0.444 e. The molecule has 36 heavy (non-hydrogen) atoms. The second-order valence-corrected chi connectivity index (χ2v) is 10.8. The van der Waals surface area contributed by atoms with Gasteiger partial charge in [-0.3, -0.25) is 9.69 Å². The highest BCUT2D eigenvalue weighted by molar-refractivity contribution is 5.85. The van der Waals surface area contributed by atoms with Gasteiger partial charge in [-0.25, -0.2) is 9.78 Å². The van der Waals surface area contributed by atoms with E-state index in [0.29, 0.717) is 32.8 Å². The molecule has 190 valence electrons. The van der Waals surface area contributed by atoms with Crippen molar-refractivity contribution in [2.24, 2.45) is 0 Å². The van der Waals surface area contributed by atoms with E-state index >= 15 is 0 Å². The topological polar surface area (TPSA) is 87.8 Å². The number of carbonyl (C=O) groups excluding carboxylic acids is 2. The summed E-state index contributed by atoms with van der Waals surface area (Å²) >= 11 is 0. The van der Waals surface area contributed by atoms with Crippen LogP contribution in [0.25, 0.3) is 22.2 Å². The molecule has 2 aliphatic heterocycles. The first-order valence-corrected chi connectivity index (χ1v) is 12.5. The van der Waals surface area contributed by atoms with Crippen molar-refractivity contribution in [1.29, 1.82) is 0 Å². The molecule has 0 bridgehead atoms. The molecular weight excluding hydrogens is 456 g/mol. The second kappa shape index (κ2) is 9.24. The zero-order valence-corrected chi connectivity index (χ0v) is 21.7. The normalized spacial score (nSPS) is 18.3. The van der Waals surface area contributed by atoms with Crippen LogP contribution in [0.2, 0.25) is 0 Å². The highest BCUT2D eigenvalue weighted by atomic mass is 16.6.